The zero-order valence-corrected chi connectivity index (χ0v) is 53.8. The molecule has 6 N–H and O–H groups in total. The van der Waals surface area contributed by atoms with E-state index in [0.717, 1.165) is 27.9 Å². The van der Waals surface area contributed by atoms with Crippen molar-refractivity contribution in [3.05, 3.63) is 90.0 Å². The molecule has 0 unspecified atom stereocenters. The van der Waals surface area contributed by atoms with Crippen LogP contribution in [0.25, 0.3) is 22.3 Å². The number of aromatic nitrogens is 3. The van der Waals surface area contributed by atoms with Crippen LogP contribution in [0.15, 0.2) is 72.9 Å². The number of nitrogens with one attached hydrogen (secondary N) is 1. The number of hydrogen-bond donors (Lipinski definition) is 6. The van der Waals surface area contributed by atoms with Crippen LogP contribution in [0.3, 0.4) is 0 Å². The molecule has 20 heteroatoms. The van der Waals surface area contributed by atoms with Crippen LogP contribution in [-0.4, -0.2) is 194 Å². The Morgan fingerprint density at radius 1 is 0.874 bits per heavy atom. The molecular weight excluding hydrogens is 1120 g/mol. The predicted octanol–water partition coefficient (Wildman–Crippen LogP) is 8.16. The molecule has 0 bridgehead atoms. The van der Waals surface area contributed by atoms with E-state index < -0.39 is 95.8 Å². The standard InChI is InChI=1S/C67H102F2N6O12/c1-14-57-67(10,81)61(77)45(6)74(12)39-42(3)36-65(8,80)63(43(4)60(44(5)64(79)86-57)87-58-37-66(9,82-13)62(78)46(7)84-58)85-56-34-41(2)33-55(59(56)76)73(11)31-27-51-40-75(72-71-51)30-16-32-83-52-24-21-48(22-25-52)50-23-26-53(54(69)35-50)49-19-17-47(18-20-49)38-70-29-15-28-68/h17-26,35,40-46,55-63,70,76-78,80-81H,14-16,27-34,36-39H2,1-13H3/t41-,42-,43+,44-,45-,46+,55+,56-,57-,58+,59-,60+,61-,62+,63-,65-,66-,67-/m1/s1. The van der Waals surface area contributed by atoms with Crippen LogP contribution >= 0.6 is 0 Å². The molecule has 0 amide bonds. The number of benzene rings is 3. The van der Waals surface area contributed by atoms with Gasteiger partial charge in [-0.25, -0.2) is 4.39 Å². The fraction of sp³-hybridized carbons (Fsp3) is 0.687. The Labute approximate surface area is 515 Å². The van der Waals surface area contributed by atoms with Crippen molar-refractivity contribution in [2.75, 3.05) is 54.1 Å². The molecule has 1 aliphatic carbocycles. The number of carbonyl (C=O) groups is 1. The molecule has 7 rings (SSSR count). The fourth-order valence-corrected chi connectivity index (χ4v) is 13.5. The van der Waals surface area contributed by atoms with Crippen LogP contribution < -0.4 is 10.1 Å². The Balaban J connectivity index is 0.983. The normalized spacial score (nSPS) is 34.3. The van der Waals surface area contributed by atoms with Crippen molar-refractivity contribution in [3.63, 3.8) is 0 Å². The van der Waals surface area contributed by atoms with Crippen LogP contribution in [0.5, 0.6) is 5.75 Å². The zero-order chi connectivity index (χ0) is 63.5. The first kappa shape index (κ1) is 69.9. The summed E-state index contributed by atoms with van der Waals surface area (Å²) in [7, 11) is 5.36. The molecule has 486 valence electrons. The van der Waals surface area contributed by atoms with Crippen LogP contribution in [0.4, 0.5) is 8.78 Å². The lowest BCUT2D eigenvalue weighted by atomic mass is 9.76. The van der Waals surface area contributed by atoms with Crippen molar-refractivity contribution in [1.82, 2.24) is 30.1 Å². The smallest absolute Gasteiger partial charge is 0.311 e. The number of ether oxygens (including phenoxy) is 6. The van der Waals surface area contributed by atoms with E-state index in [9.17, 15) is 34.7 Å². The third-order valence-electron chi connectivity index (χ3n) is 18.9. The number of aliphatic hydroxyl groups excluding tert-OH is 3. The van der Waals surface area contributed by atoms with Crippen molar-refractivity contribution in [2.45, 2.75) is 218 Å². The molecular formula is C67H102F2N6O12. The Morgan fingerprint density at radius 2 is 1.56 bits per heavy atom. The predicted molar refractivity (Wildman–Crippen MR) is 330 cm³/mol. The van der Waals surface area contributed by atoms with Gasteiger partial charge in [0.2, 0.25) is 0 Å². The molecule has 18 nitrogen and oxygen atoms in total. The maximum Gasteiger partial charge on any atom is 0.311 e. The third kappa shape index (κ3) is 17.7. The average Bonchev–Trinajstić information content (AvgIpc) is 1.97. The summed E-state index contributed by atoms with van der Waals surface area (Å²) in [5.41, 5.74) is 0.322. The number of rotatable bonds is 22. The molecule has 3 aromatic carbocycles. The van der Waals surface area contributed by atoms with E-state index >= 15 is 4.39 Å². The highest BCUT2D eigenvalue weighted by atomic mass is 19.1. The summed E-state index contributed by atoms with van der Waals surface area (Å²) < 4.78 is 68.0. The van der Waals surface area contributed by atoms with E-state index in [0.29, 0.717) is 82.7 Å². The first-order chi connectivity index (χ1) is 41.2. The molecule has 2 saturated heterocycles. The van der Waals surface area contributed by atoms with Gasteiger partial charge < -0.3 is 69.1 Å². The van der Waals surface area contributed by atoms with Gasteiger partial charge in [0, 0.05) is 82.3 Å². The highest BCUT2D eigenvalue weighted by Gasteiger charge is 2.52. The van der Waals surface area contributed by atoms with Gasteiger partial charge in [-0.15, -0.1) is 5.10 Å². The van der Waals surface area contributed by atoms with Crippen LogP contribution in [-0.2, 0) is 48.0 Å². The number of halogens is 2. The lowest BCUT2D eigenvalue weighted by Gasteiger charge is -2.49. The van der Waals surface area contributed by atoms with Crippen molar-refractivity contribution in [1.29, 1.82) is 0 Å². The zero-order valence-electron chi connectivity index (χ0n) is 53.8. The Hall–Kier alpha value is -4.55. The number of hydrogen-bond acceptors (Lipinski definition) is 17. The first-order valence-electron chi connectivity index (χ1n) is 31.6. The van der Waals surface area contributed by atoms with Crippen molar-refractivity contribution < 1.29 is 67.5 Å². The number of aliphatic hydroxyl groups is 5. The number of methoxy groups -OCH3 is 1. The second-order valence-corrected chi connectivity index (χ2v) is 26.3. The molecule has 3 fully saturated rings. The van der Waals surface area contributed by atoms with Gasteiger partial charge in [-0.3, -0.25) is 13.9 Å². The van der Waals surface area contributed by atoms with Crippen molar-refractivity contribution >= 4 is 5.97 Å². The van der Waals surface area contributed by atoms with Gasteiger partial charge in [0.25, 0.3) is 0 Å². The van der Waals surface area contributed by atoms with E-state index in [2.05, 4.69) is 27.5 Å². The largest absolute Gasteiger partial charge is 0.494 e. The van der Waals surface area contributed by atoms with Crippen LogP contribution in [0.2, 0.25) is 0 Å². The van der Waals surface area contributed by atoms with Crippen LogP contribution in [0, 0.1) is 29.5 Å². The number of nitrogens with zero attached hydrogens (tertiary/aromatic N) is 5. The molecule has 3 aliphatic rings. The van der Waals surface area contributed by atoms with E-state index in [-0.39, 0.29) is 49.6 Å². The van der Waals surface area contributed by atoms with Gasteiger partial charge >= 0.3 is 5.97 Å². The lowest BCUT2D eigenvalue weighted by molar-refractivity contribution is -0.302. The lowest BCUT2D eigenvalue weighted by Crippen LogP contribution is -2.60. The summed E-state index contributed by atoms with van der Waals surface area (Å²) in [5, 5.41) is 72.3. The molecule has 87 heavy (non-hydrogen) atoms. The summed E-state index contributed by atoms with van der Waals surface area (Å²) >= 11 is 0. The highest BCUT2D eigenvalue weighted by molar-refractivity contribution is 5.73. The van der Waals surface area contributed by atoms with E-state index in [1.54, 1.807) is 51.4 Å². The van der Waals surface area contributed by atoms with Crippen molar-refractivity contribution in [3.8, 4) is 28.0 Å². The number of aryl methyl sites for hydroxylation is 1. The van der Waals surface area contributed by atoms with Crippen LogP contribution in [0.1, 0.15) is 125 Å². The number of likely N-dealkylation sites (N-methyl/N-ethyl adjacent to an activating group) is 2. The summed E-state index contributed by atoms with van der Waals surface area (Å²) in [6.07, 6.45) is -3.39. The Bertz CT molecular complexity index is 2760. The Morgan fingerprint density at radius 3 is 2.23 bits per heavy atom. The SMILES string of the molecule is CC[C@H]1OC(=O)[C@H](C)[C@@H](O[C@H]2C[C@@](C)(OC)[C@@H](O)[C@H](C)O2)[C@H](C)[C@@H](O[C@@H]2C[C@H](C)C[C@H](N(C)CCc3cn(CCCOc4ccc(-c5ccc(-c6ccc(CNCCCF)cc6)c(F)c5)cc4)nn3)[C@H]2O)[C@](C)(O)C[C@@H](C)CN(C)[C@H](C)[C@@H](O)[C@]1(C)O. The summed E-state index contributed by atoms with van der Waals surface area (Å²) in [4.78, 5) is 18.7. The van der Waals surface area contributed by atoms with Crippen molar-refractivity contribution in [2.24, 2.45) is 23.7 Å². The Kier molecular flexibility index (Phi) is 24.9. The molecule has 4 aromatic rings. The third-order valence-corrected chi connectivity index (χ3v) is 18.9. The minimum absolute atomic E-state index is 0.115. The molecule has 18 atom stereocenters. The molecule has 1 aromatic heterocycles. The maximum absolute atomic E-state index is 15.4. The second-order valence-electron chi connectivity index (χ2n) is 26.3. The topological polar surface area (TPSA) is 223 Å². The van der Waals surface area contributed by atoms with Gasteiger partial charge in [-0.05, 0) is 147 Å². The quantitative estimate of drug-likeness (QED) is 0.0323. The van der Waals surface area contributed by atoms with E-state index in [1.165, 1.54) is 14.0 Å². The molecule has 0 spiro atoms. The number of alkyl halides is 1. The minimum Gasteiger partial charge on any atom is -0.494 e. The second kappa shape index (κ2) is 31.0. The number of cyclic esters (lactones) is 1. The maximum atomic E-state index is 15.4. The number of esters is 1. The van der Waals surface area contributed by atoms with Gasteiger partial charge in [-0.1, -0.05) is 81.4 Å². The highest BCUT2D eigenvalue weighted by Crippen LogP contribution is 2.41. The monoisotopic (exact) mass is 1220 g/mol. The summed E-state index contributed by atoms with van der Waals surface area (Å²) in [6, 6.07) is 19.7. The number of carbonyl (C=O) groups excluding carboxylic acids is 1. The van der Waals surface area contributed by atoms with Gasteiger partial charge in [0.05, 0.1) is 66.6 Å². The minimum atomic E-state index is -1.83. The first-order valence-corrected chi connectivity index (χ1v) is 31.6. The molecule has 3 heterocycles. The molecule has 2 aliphatic heterocycles. The van der Waals surface area contributed by atoms with Gasteiger partial charge in [0.15, 0.2) is 6.29 Å². The molecule has 0 radical (unpaired) electrons. The van der Waals surface area contributed by atoms with E-state index in [1.807, 2.05) is 101 Å². The van der Waals surface area contributed by atoms with Gasteiger partial charge in [0.1, 0.15) is 35.5 Å². The summed E-state index contributed by atoms with van der Waals surface area (Å²) in [5.74, 6) is -2.13. The van der Waals surface area contributed by atoms with E-state index in [4.69, 9.17) is 28.4 Å². The van der Waals surface area contributed by atoms with Gasteiger partial charge in [-0.2, -0.15) is 0 Å². The fourth-order valence-electron chi connectivity index (χ4n) is 13.5. The average molecular weight is 1220 g/mol. The molecule has 1 saturated carbocycles. The summed E-state index contributed by atoms with van der Waals surface area (Å²) in [6.45, 7) is 20.9.